The third-order valence-corrected chi connectivity index (χ3v) is 3.81. The van der Waals surface area contributed by atoms with Crippen molar-refractivity contribution in [2.75, 3.05) is 14.2 Å². The molecular weight excluding hydrogens is 402 g/mol. The number of para-hydroxylation sites is 1. The van der Waals surface area contributed by atoms with Gasteiger partial charge < -0.3 is 23.8 Å². The minimum atomic E-state index is -0.838. The van der Waals surface area contributed by atoms with Crippen molar-refractivity contribution in [3.8, 4) is 23.5 Å². The molecule has 0 saturated heterocycles. The van der Waals surface area contributed by atoms with Crippen molar-refractivity contribution in [3.63, 3.8) is 0 Å². The minimum absolute atomic E-state index is 0.0479. The number of aromatic nitrogens is 2. The fourth-order valence-corrected chi connectivity index (χ4v) is 2.37. The van der Waals surface area contributed by atoms with Crippen LogP contribution in [0.4, 0.5) is 0 Å². The molecule has 1 aromatic carbocycles. The second kappa shape index (κ2) is 10.6. The van der Waals surface area contributed by atoms with E-state index in [1.165, 1.54) is 26.5 Å². The molecule has 1 aromatic heterocycles. The summed E-state index contributed by atoms with van der Waals surface area (Å²) >= 11 is 0. The molecule has 0 amide bonds. The number of carbonyl (C=O) groups excluding carboxylic acids is 1. The standard InChI is InChI=1S/C22H29N3O6/c1-14(2)19(20(26)30-22(3,4)5)31-23-13-15-10-8-9-11-16(15)29-21-24-17(27-6)12-18(25-21)28-7/h8-14,19H,1-7H3/b23-13+. The first-order valence-electron chi connectivity index (χ1n) is 9.79. The van der Waals surface area contributed by atoms with Gasteiger partial charge in [0.05, 0.1) is 26.5 Å². The summed E-state index contributed by atoms with van der Waals surface area (Å²) in [5, 5.41) is 3.99. The van der Waals surface area contributed by atoms with E-state index in [9.17, 15) is 4.79 Å². The van der Waals surface area contributed by atoms with Crippen molar-refractivity contribution >= 4 is 12.2 Å². The highest BCUT2D eigenvalue weighted by Gasteiger charge is 2.29. The lowest BCUT2D eigenvalue weighted by Gasteiger charge is -2.24. The van der Waals surface area contributed by atoms with Gasteiger partial charge in [0, 0.05) is 11.5 Å². The lowest BCUT2D eigenvalue weighted by molar-refractivity contribution is -0.171. The largest absolute Gasteiger partial charge is 0.481 e. The summed E-state index contributed by atoms with van der Waals surface area (Å²) in [6, 6.07) is 8.70. The average molecular weight is 431 g/mol. The van der Waals surface area contributed by atoms with Crippen LogP contribution in [0.15, 0.2) is 35.5 Å². The monoisotopic (exact) mass is 431 g/mol. The molecule has 1 atom stereocenters. The van der Waals surface area contributed by atoms with Gasteiger partial charge in [-0.25, -0.2) is 4.79 Å². The molecule has 1 heterocycles. The lowest BCUT2D eigenvalue weighted by Crippen LogP contribution is -2.35. The molecule has 0 fully saturated rings. The molecule has 31 heavy (non-hydrogen) atoms. The Balaban J connectivity index is 2.18. The highest BCUT2D eigenvalue weighted by molar-refractivity contribution is 5.83. The molecule has 0 radical (unpaired) electrons. The van der Waals surface area contributed by atoms with Crippen LogP contribution in [0.5, 0.6) is 23.5 Å². The summed E-state index contributed by atoms with van der Waals surface area (Å²) < 4.78 is 21.5. The van der Waals surface area contributed by atoms with E-state index in [2.05, 4.69) is 15.1 Å². The van der Waals surface area contributed by atoms with Crippen molar-refractivity contribution in [1.82, 2.24) is 9.97 Å². The molecule has 0 N–H and O–H groups in total. The van der Waals surface area contributed by atoms with Gasteiger partial charge in [0.2, 0.25) is 17.9 Å². The first-order chi connectivity index (χ1) is 14.6. The Bertz CT molecular complexity index is 886. The van der Waals surface area contributed by atoms with Crippen LogP contribution in [0.1, 0.15) is 40.2 Å². The third-order valence-electron chi connectivity index (χ3n) is 3.81. The Morgan fingerprint density at radius 2 is 1.68 bits per heavy atom. The number of benzene rings is 1. The second-order valence-corrected chi connectivity index (χ2v) is 7.91. The maximum absolute atomic E-state index is 12.4. The topological polar surface area (TPSA) is 101 Å². The van der Waals surface area contributed by atoms with Crippen LogP contribution in [0.2, 0.25) is 0 Å². The molecule has 2 rings (SSSR count). The zero-order valence-corrected chi connectivity index (χ0v) is 18.9. The van der Waals surface area contributed by atoms with Crippen molar-refractivity contribution < 1.29 is 28.6 Å². The van der Waals surface area contributed by atoms with Crippen molar-refractivity contribution in [2.45, 2.75) is 46.3 Å². The zero-order valence-electron chi connectivity index (χ0n) is 18.9. The number of methoxy groups -OCH3 is 2. The van der Waals surface area contributed by atoms with E-state index < -0.39 is 17.7 Å². The molecule has 0 bridgehead atoms. The number of hydrogen-bond donors (Lipinski definition) is 0. The van der Waals surface area contributed by atoms with Crippen molar-refractivity contribution in [3.05, 3.63) is 35.9 Å². The van der Waals surface area contributed by atoms with Crippen LogP contribution in [0, 0.1) is 5.92 Å². The van der Waals surface area contributed by atoms with E-state index in [1.807, 2.05) is 19.9 Å². The highest BCUT2D eigenvalue weighted by Crippen LogP contribution is 2.26. The van der Waals surface area contributed by atoms with Gasteiger partial charge in [-0.05, 0) is 32.9 Å². The smallest absolute Gasteiger partial charge is 0.350 e. The number of hydrogen-bond acceptors (Lipinski definition) is 9. The summed E-state index contributed by atoms with van der Waals surface area (Å²) in [6.07, 6.45) is 0.612. The van der Waals surface area contributed by atoms with Gasteiger partial charge in [-0.1, -0.05) is 31.1 Å². The van der Waals surface area contributed by atoms with Crippen LogP contribution in [-0.2, 0) is 14.4 Å². The van der Waals surface area contributed by atoms with Crippen LogP contribution in [0.3, 0.4) is 0 Å². The number of oxime groups is 1. The first kappa shape index (κ1) is 23.9. The van der Waals surface area contributed by atoms with Crippen LogP contribution < -0.4 is 14.2 Å². The van der Waals surface area contributed by atoms with E-state index in [-0.39, 0.29) is 11.9 Å². The molecule has 9 nitrogen and oxygen atoms in total. The number of esters is 1. The predicted octanol–water partition coefficient (Wildman–Crippen LogP) is 4.00. The van der Waals surface area contributed by atoms with Gasteiger partial charge in [0.1, 0.15) is 11.4 Å². The van der Waals surface area contributed by atoms with Gasteiger partial charge in [-0.15, -0.1) is 0 Å². The van der Waals surface area contributed by atoms with E-state index in [1.54, 1.807) is 39.0 Å². The van der Waals surface area contributed by atoms with Crippen LogP contribution in [-0.4, -0.2) is 48.1 Å². The molecule has 168 valence electrons. The maximum atomic E-state index is 12.4. The molecule has 0 saturated carbocycles. The Hall–Kier alpha value is -3.36. The second-order valence-electron chi connectivity index (χ2n) is 7.91. The molecule has 1 unspecified atom stereocenters. The predicted molar refractivity (Wildman–Crippen MR) is 115 cm³/mol. The first-order valence-corrected chi connectivity index (χ1v) is 9.79. The SMILES string of the molecule is COc1cc(OC)nc(Oc2ccccc2/C=N/OC(C(=O)OC(C)(C)C)C(C)C)n1. The van der Waals surface area contributed by atoms with E-state index in [4.69, 9.17) is 23.8 Å². The van der Waals surface area contributed by atoms with Gasteiger partial charge in [0.15, 0.2) is 0 Å². The summed E-state index contributed by atoms with van der Waals surface area (Å²) in [4.78, 5) is 26.2. The number of rotatable bonds is 9. The Morgan fingerprint density at radius 3 is 2.23 bits per heavy atom. The van der Waals surface area contributed by atoms with Crippen LogP contribution >= 0.6 is 0 Å². The van der Waals surface area contributed by atoms with Gasteiger partial charge in [-0.3, -0.25) is 0 Å². The number of nitrogens with zero attached hydrogens (tertiary/aromatic N) is 3. The van der Waals surface area contributed by atoms with Crippen molar-refractivity contribution in [2.24, 2.45) is 11.1 Å². The van der Waals surface area contributed by atoms with Gasteiger partial charge >= 0.3 is 12.0 Å². The van der Waals surface area contributed by atoms with Crippen LogP contribution in [0.25, 0.3) is 0 Å². The summed E-state index contributed by atoms with van der Waals surface area (Å²) in [7, 11) is 2.97. The minimum Gasteiger partial charge on any atom is -0.481 e. The summed E-state index contributed by atoms with van der Waals surface area (Å²) in [5.41, 5.74) is -0.0187. The molecular formula is C22H29N3O6. The van der Waals surface area contributed by atoms with Gasteiger partial charge in [-0.2, -0.15) is 9.97 Å². The molecule has 0 aliphatic heterocycles. The fraction of sp³-hybridized carbons (Fsp3) is 0.455. The molecule has 0 aliphatic carbocycles. The van der Waals surface area contributed by atoms with E-state index in [0.29, 0.717) is 23.1 Å². The third kappa shape index (κ3) is 7.44. The van der Waals surface area contributed by atoms with Crippen molar-refractivity contribution in [1.29, 1.82) is 0 Å². The van der Waals surface area contributed by atoms with Gasteiger partial charge in [0.25, 0.3) is 0 Å². The molecule has 0 spiro atoms. The molecule has 9 heteroatoms. The molecule has 0 aliphatic rings. The Kier molecular flexibility index (Phi) is 8.18. The highest BCUT2D eigenvalue weighted by atomic mass is 16.7. The molecule has 2 aromatic rings. The fourth-order valence-electron chi connectivity index (χ4n) is 2.37. The quantitative estimate of drug-likeness (QED) is 0.334. The Labute approximate surface area is 182 Å². The normalized spacial score (nSPS) is 12.5. The number of carbonyl (C=O) groups is 1. The maximum Gasteiger partial charge on any atom is 0.350 e. The number of ether oxygens (including phenoxy) is 4. The van der Waals surface area contributed by atoms with E-state index in [0.717, 1.165) is 0 Å². The Morgan fingerprint density at radius 1 is 1.06 bits per heavy atom. The summed E-state index contributed by atoms with van der Waals surface area (Å²) in [5.74, 6) is 0.433. The lowest BCUT2D eigenvalue weighted by atomic mass is 10.1. The zero-order chi connectivity index (χ0) is 23.0. The van der Waals surface area contributed by atoms with E-state index >= 15 is 0 Å². The average Bonchev–Trinajstić information content (AvgIpc) is 2.70. The summed E-state index contributed by atoms with van der Waals surface area (Å²) in [6.45, 7) is 9.11.